The van der Waals surface area contributed by atoms with E-state index in [1.807, 2.05) is 6.92 Å². The maximum atomic E-state index is 11.8. The number of rotatable bonds is 16. The molecule has 0 spiro atoms. The first-order valence-electron chi connectivity index (χ1n) is 8.89. The van der Waals surface area contributed by atoms with Crippen LogP contribution >= 0.6 is 0 Å². The zero-order chi connectivity index (χ0) is 19.8. The van der Waals surface area contributed by atoms with Crippen molar-refractivity contribution in [2.45, 2.75) is 24.7 Å². The largest absolute Gasteiger partial charge is 0.463 e. The molecule has 0 aliphatic carbocycles. The van der Waals surface area contributed by atoms with Crippen LogP contribution in [0.3, 0.4) is 0 Å². The summed E-state index contributed by atoms with van der Waals surface area (Å²) in [7, 11) is -3.74. The fourth-order valence-electron chi connectivity index (χ4n) is 1.89. The van der Waals surface area contributed by atoms with Crippen LogP contribution in [0.5, 0.6) is 0 Å². The first kappa shape index (κ1) is 23.5. The predicted octanol–water partition coefficient (Wildman–Crippen LogP) is 1.78. The summed E-state index contributed by atoms with van der Waals surface area (Å²) in [5, 5.41) is 0. The molecule has 1 aromatic rings. The number of ether oxygens (including phenoxy) is 4. The van der Waals surface area contributed by atoms with Gasteiger partial charge >= 0.3 is 5.97 Å². The minimum Gasteiger partial charge on any atom is -0.463 e. The third kappa shape index (κ3) is 11.7. The summed E-state index contributed by atoms with van der Waals surface area (Å²) >= 11 is 0. The summed E-state index contributed by atoms with van der Waals surface area (Å²) in [4.78, 5) is 11.2. The van der Waals surface area contributed by atoms with Crippen molar-refractivity contribution in [1.29, 1.82) is 0 Å². The molecule has 27 heavy (non-hydrogen) atoms. The first-order valence-corrected chi connectivity index (χ1v) is 10.3. The van der Waals surface area contributed by atoms with Crippen LogP contribution in [-0.4, -0.2) is 67.2 Å². The van der Waals surface area contributed by atoms with E-state index in [4.69, 9.17) is 23.1 Å². The van der Waals surface area contributed by atoms with Gasteiger partial charge in [0.1, 0.15) is 6.61 Å². The Balaban J connectivity index is 1.89. The van der Waals surface area contributed by atoms with Crippen molar-refractivity contribution in [1.82, 2.24) is 0 Å². The summed E-state index contributed by atoms with van der Waals surface area (Å²) in [5.41, 5.74) is 0. The highest BCUT2D eigenvalue weighted by Crippen LogP contribution is 2.10. The van der Waals surface area contributed by atoms with Gasteiger partial charge in [-0.1, -0.05) is 25.1 Å². The molecule has 9 heteroatoms. The zero-order valence-corrected chi connectivity index (χ0v) is 16.4. The molecule has 0 saturated carbocycles. The third-order valence-electron chi connectivity index (χ3n) is 3.19. The van der Waals surface area contributed by atoms with E-state index in [2.05, 4.69) is 0 Å². The Morgan fingerprint density at radius 2 is 1.33 bits per heavy atom. The summed E-state index contributed by atoms with van der Waals surface area (Å²) in [6, 6.07) is 7.94. The van der Waals surface area contributed by atoms with Gasteiger partial charge in [0.2, 0.25) is 0 Å². The summed E-state index contributed by atoms with van der Waals surface area (Å²) < 4.78 is 49.3. The molecular weight excluding hydrogens is 376 g/mol. The monoisotopic (exact) mass is 404 g/mol. The van der Waals surface area contributed by atoms with E-state index in [-0.39, 0.29) is 30.7 Å². The number of hydrogen-bond donors (Lipinski definition) is 0. The standard InChI is InChI=1S/C18H28O8S/c1-2-6-18(19)25-15-13-23-11-9-22-10-12-24-14-16-26-27(20,21)17-7-4-3-5-8-17/h3-5,7-8H,2,6,9-16H2,1H3. The lowest BCUT2D eigenvalue weighted by Crippen LogP contribution is -2.15. The number of benzene rings is 1. The Labute approximate surface area is 160 Å². The molecule has 0 aliphatic rings. The average molecular weight is 404 g/mol. The van der Waals surface area contributed by atoms with Gasteiger partial charge in [0, 0.05) is 6.42 Å². The first-order chi connectivity index (χ1) is 13.1. The molecule has 0 bridgehead atoms. The summed E-state index contributed by atoms with van der Waals surface area (Å²) in [5.74, 6) is -0.213. The minimum atomic E-state index is -3.74. The molecule has 154 valence electrons. The summed E-state index contributed by atoms with van der Waals surface area (Å²) in [6.07, 6.45) is 1.19. The van der Waals surface area contributed by atoms with E-state index in [1.165, 1.54) is 12.1 Å². The molecule has 0 radical (unpaired) electrons. The van der Waals surface area contributed by atoms with E-state index in [0.717, 1.165) is 6.42 Å². The molecule has 1 rings (SSSR count). The van der Waals surface area contributed by atoms with E-state index < -0.39 is 10.1 Å². The molecule has 0 N–H and O–H groups in total. The SMILES string of the molecule is CCCC(=O)OCCOCCOCCOCCOS(=O)(=O)c1ccccc1. The van der Waals surface area contributed by atoms with Crippen LogP contribution in [0, 0.1) is 0 Å². The molecule has 0 saturated heterocycles. The van der Waals surface area contributed by atoms with Crippen LogP contribution in [-0.2, 0) is 38.0 Å². The molecule has 0 aliphatic heterocycles. The average Bonchev–Trinajstić information content (AvgIpc) is 2.66. The number of carbonyl (C=O) groups excluding carboxylic acids is 1. The number of hydrogen-bond acceptors (Lipinski definition) is 8. The van der Waals surface area contributed by atoms with Crippen LogP contribution < -0.4 is 0 Å². The van der Waals surface area contributed by atoms with Crippen LogP contribution in [0.4, 0.5) is 0 Å². The van der Waals surface area contributed by atoms with Gasteiger partial charge in [-0.15, -0.1) is 0 Å². The van der Waals surface area contributed by atoms with Crippen molar-refractivity contribution in [2.24, 2.45) is 0 Å². The zero-order valence-electron chi connectivity index (χ0n) is 15.6. The predicted molar refractivity (Wildman–Crippen MR) is 97.9 cm³/mol. The van der Waals surface area contributed by atoms with Crippen molar-refractivity contribution in [3.05, 3.63) is 30.3 Å². The second-order valence-corrected chi connectivity index (χ2v) is 7.01. The second-order valence-electron chi connectivity index (χ2n) is 5.40. The van der Waals surface area contributed by atoms with Crippen LogP contribution in [0.15, 0.2) is 35.2 Å². The minimum absolute atomic E-state index is 0.0584. The maximum Gasteiger partial charge on any atom is 0.305 e. The van der Waals surface area contributed by atoms with Crippen LogP contribution in [0.25, 0.3) is 0 Å². The molecule has 0 heterocycles. The van der Waals surface area contributed by atoms with Crippen LogP contribution in [0.2, 0.25) is 0 Å². The van der Waals surface area contributed by atoms with Crippen molar-refractivity contribution in [3.63, 3.8) is 0 Å². The molecule has 0 amide bonds. The highest BCUT2D eigenvalue weighted by atomic mass is 32.2. The molecule has 0 aromatic heterocycles. The molecule has 8 nitrogen and oxygen atoms in total. The molecule has 0 fully saturated rings. The van der Waals surface area contributed by atoms with Gasteiger partial charge in [0.15, 0.2) is 0 Å². The Kier molecular flexibility index (Phi) is 12.7. The van der Waals surface area contributed by atoms with E-state index in [9.17, 15) is 13.2 Å². The topological polar surface area (TPSA) is 97.4 Å². The molecule has 0 unspecified atom stereocenters. The fraction of sp³-hybridized carbons (Fsp3) is 0.611. The van der Waals surface area contributed by atoms with Crippen molar-refractivity contribution in [2.75, 3.05) is 52.9 Å². The van der Waals surface area contributed by atoms with Gasteiger partial charge in [-0.05, 0) is 18.6 Å². The maximum absolute atomic E-state index is 11.8. The van der Waals surface area contributed by atoms with Gasteiger partial charge in [-0.3, -0.25) is 8.98 Å². The molecular formula is C18H28O8S. The number of esters is 1. The Morgan fingerprint density at radius 3 is 1.89 bits per heavy atom. The van der Waals surface area contributed by atoms with Crippen molar-refractivity contribution in [3.8, 4) is 0 Å². The Bertz CT molecular complexity index is 603. The Hall–Kier alpha value is -1.52. The summed E-state index contributed by atoms with van der Waals surface area (Å²) in [6.45, 7) is 4.06. The highest BCUT2D eigenvalue weighted by molar-refractivity contribution is 7.86. The van der Waals surface area contributed by atoms with Gasteiger partial charge in [0.25, 0.3) is 10.1 Å². The van der Waals surface area contributed by atoms with Crippen molar-refractivity contribution < 1.29 is 36.3 Å². The van der Waals surface area contributed by atoms with Gasteiger partial charge in [0.05, 0.1) is 51.1 Å². The number of carbonyl (C=O) groups is 1. The lowest BCUT2D eigenvalue weighted by molar-refractivity contribution is -0.145. The van der Waals surface area contributed by atoms with Crippen LogP contribution in [0.1, 0.15) is 19.8 Å². The lowest BCUT2D eigenvalue weighted by atomic mass is 10.3. The van der Waals surface area contributed by atoms with E-state index >= 15 is 0 Å². The van der Waals surface area contributed by atoms with Gasteiger partial charge in [-0.25, -0.2) is 0 Å². The second kappa shape index (κ2) is 14.5. The lowest BCUT2D eigenvalue weighted by Gasteiger charge is -2.08. The highest BCUT2D eigenvalue weighted by Gasteiger charge is 2.13. The van der Waals surface area contributed by atoms with E-state index in [0.29, 0.717) is 39.5 Å². The fourth-order valence-corrected chi connectivity index (χ4v) is 2.80. The van der Waals surface area contributed by atoms with Gasteiger partial charge < -0.3 is 18.9 Å². The normalized spacial score (nSPS) is 11.4. The smallest absolute Gasteiger partial charge is 0.305 e. The Morgan fingerprint density at radius 1 is 0.815 bits per heavy atom. The third-order valence-corrected chi connectivity index (χ3v) is 4.51. The molecule has 1 aromatic carbocycles. The van der Waals surface area contributed by atoms with Gasteiger partial charge in [-0.2, -0.15) is 8.42 Å². The molecule has 0 atom stereocenters. The quantitative estimate of drug-likeness (QED) is 0.234. The van der Waals surface area contributed by atoms with Crippen molar-refractivity contribution >= 4 is 16.1 Å². The van der Waals surface area contributed by atoms with E-state index in [1.54, 1.807) is 18.2 Å².